The van der Waals surface area contributed by atoms with Gasteiger partial charge in [-0.3, -0.25) is 14.4 Å². The zero-order valence-corrected chi connectivity index (χ0v) is 13.5. The molecule has 0 aromatic heterocycles. The molecule has 0 fully saturated rings. The summed E-state index contributed by atoms with van der Waals surface area (Å²) >= 11 is 0. The van der Waals surface area contributed by atoms with Gasteiger partial charge in [0.05, 0.1) is 18.8 Å². The number of carbonyl (C=O) groups is 4. The molecule has 0 aliphatic carbocycles. The first-order valence-electron chi connectivity index (χ1n) is 7.20. The van der Waals surface area contributed by atoms with Gasteiger partial charge in [0.25, 0.3) is 0 Å². The van der Waals surface area contributed by atoms with Crippen LogP contribution < -0.4 is 0 Å². The van der Waals surface area contributed by atoms with Crippen molar-refractivity contribution in [2.45, 2.75) is 37.7 Å². The van der Waals surface area contributed by atoms with Crippen LogP contribution in [0.1, 0.15) is 37.7 Å². The average Bonchev–Trinajstić information content (AvgIpc) is 2.47. The molecule has 5 N–H and O–H groups in total. The van der Waals surface area contributed by atoms with Crippen molar-refractivity contribution in [3.05, 3.63) is 35.9 Å². The lowest BCUT2D eigenvalue weighted by Crippen LogP contribution is -2.42. The van der Waals surface area contributed by atoms with E-state index in [1.54, 1.807) is 0 Å². The lowest BCUT2D eigenvalue weighted by molar-refractivity contribution is -0.170. The summed E-state index contributed by atoms with van der Waals surface area (Å²) in [6.07, 6.45) is -1.65. The highest BCUT2D eigenvalue weighted by Crippen LogP contribution is 2.18. The van der Waals surface area contributed by atoms with Crippen molar-refractivity contribution in [2.75, 3.05) is 0 Å². The summed E-state index contributed by atoms with van der Waals surface area (Å²) in [6, 6.07) is 9.31. The van der Waals surface area contributed by atoms with E-state index in [0.29, 0.717) is 6.42 Å². The van der Waals surface area contributed by atoms with E-state index in [9.17, 15) is 19.2 Å². The monoisotopic (exact) mass is 356 g/mol. The molecule has 0 spiro atoms. The number of aliphatic hydroxyl groups is 1. The van der Waals surface area contributed by atoms with Crippen molar-refractivity contribution in [1.29, 1.82) is 0 Å². The minimum Gasteiger partial charge on any atom is -0.481 e. The van der Waals surface area contributed by atoms with Gasteiger partial charge in [0.1, 0.15) is 0 Å². The smallest absolute Gasteiger partial charge is 0.336 e. The third-order valence-corrected chi connectivity index (χ3v) is 3.19. The van der Waals surface area contributed by atoms with Crippen LogP contribution >= 0.6 is 0 Å². The number of hydrogen-bond donors (Lipinski definition) is 5. The number of benzene rings is 1. The third-order valence-electron chi connectivity index (χ3n) is 3.19. The van der Waals surface area contributed by atoms with Crippen LogP contribution in [0.15, 0.2) is 30.3 Å². The molecule has 1 aromatic carbocycles. The van der Waals surface area contributed by atoms with E-state index in [0.717, 1.165) is 5.56 Å². The van der Waals surface area contributed by atoms with Crippen LogP contribution in [0.5, 0.6) is 0 Å². The van der Waals surface area contributed by atoms with Gasteiger partial charge in [-0.15, -0.1) is 0 Å². The molecule has 0 saturated carbocycles. The van der Waals surface area contributed by atoms with Crippen LogP contribution in [0.3, 0.4) is 0 Å². The predicted octanol–water partition coefficient (Wildman–Crippen LogP) is 1.02. The molecule has 0 amide bonds. The highest BCUT2D eigenvalue weighted by atomic mass is 16.4. The Morgan fingerprint density at radius 2 is 1.36 bits per heavy atom. The second kappa shape index (κ2) is 10.0. The molecule has 138 valence electrons. The van der Waals surface area contributed by atoms with Gasteiger partial charge < -0.3 is 25.5 Å². The largest absolute Gasteiger partial charge is 0.481 e. The van der Waals surface area contributed by atoms with E-state index in [1.807, 2.05) is 37.3 Å². The summed E-state index contributed by atoms with van der Waals surface area (Å²) in [5, 5.41) is 42.6. The standard InChI is InChI=1S/C10H12O2.C6H8O7/c1-2-9(10(11)12)8-6-4-3-5-7-8;7-3(8)1-6(13,5(11)12)2-4(9)10/h3-7,9H,2H2,1H3,(H,11,12);13H,1-2H2,(H,7,8)(H,9,10)(H,11,12). The SMILES string of the molecule is CCC(C(=O)O)c1ccccc1.O=C(O)CC(O)(CC(=O)O)C(=O)O. The number of carboxylic acids is 4. The van der Waals surface area contributed by atoms with Gasteiger partial charge >= 0.3 is 23.9 Å². The van der Waals surface area contributed by atoms with Gasteiger partial charge in [0.2, 0.25) is 0 Å². The maximum Gasteiger partial charge on any atom is 0.336 e. The summed E-state index contributed by atoms with van der Waals surface area (Å²) in [7, 11) is 0. The fourth-order valence-electron chi connectivity index (χ4n) is 1.95. The van der Waals surface area contributed by atoms with E-state index < -0.39 is 42.3 Å². The van der Waals surface area contributed by atoms with Crippen LogP contribution in [0.25, 0.3) is 0 Å². The molecule has 0 heterocycles. The molecule has 0 aliphatic rings. The van der Waals surface area contributed by atoms with E-state index in [2.05, 4.69) is 0 Å². The van der Waals surface area contributed by atoms with Gasteiger partial charge in [-0.05, 0) is 12.0 Å². The van der Waals surface area contributed by atoms with Crippen molar-refractivity contribution in [3.63, 3.8) is 0 Å². The number of hydrogen-bond acceptors (Lipinski definition) is 5. The highest BCUT2D eigenvalue weighted by Gasteiger charge is 2.40. The maximum atomic E-state index is 10.7. The van der Waals surface area contributed by atoms with Crippen LogP contribution in [0, 0.1) is 0 Å². The van der Waals surface area contributed by atoms with Crippen LogP contribution in [-0.4, -0.2) is 55.0 Å². The Balaban J connectivity index is 0.000000462. The van der Waals surface area contributed by atoms with Gasteiger partial charge in [-0.2, -0.15) is 0 Å². The quantitative estimate of drug-likeness (QED) is 0.456. The summed E-state index contributed by atoms with van der Waals surface area (Å²) in [5.41, 5.74) is -1.86. The van der Waals surface area contributed by atoms with Crippen molar-refractivity contribution in [2.24, 2.45) is 0 Å². The van der Waals surface area contributed by atoms with E-state index in [-0.39, 0.29) is 5.92 Å². The molecule has 0 radical (unpaired) electrons. The summed E-state index contributed by atoms with van der Waals surface area (Å²) in [5.74, 6) is -6.12. The molecule has 0 saturated heterocycles. The first-order chi connectivity index (χ1) is 11.5. The van der Waals surface area contributed by atoms with Crippen molar-refractivity contribution < 1.29 is 44.7 Å². The van der Waals surface area contributed by atoms with Crippen molar-refractivity contribution in [1.82, 2.24) is 0 Å². The molecule has 0 aliphatic heterocycles. The van der Waals surface area contributed by atoms with Crippen LogP contribution in [-0.2, 0) is 19.2 Å². The number of aliphatic carboxylic acids is 4. The molecular formula is C16H20O9. The zero-order valence-electron chi connectivity index (χ0n) is 13.5. The lowest BCUT2D eigenvalue weighted by Gasteiger charge is -2.18. The summed E-state index contributed by atoms with van der Waals surface area (Å²) in [6.45, 7) is 1.88. The lowest BCUT2D eigenvalue weighted by atomic mass is 9.96. The molecule has 1 aromatic rings. The molecule has 9 heteroatoms. The average molecular weight is 356 g/mol. The Hall–Kier alpha value is -2.94. The Kier molecular flexibility index (Phi) is 8.86. The zero-order chi connectivity index (χ0) is 19.6. The molecular weight excluding hydrogens is 336 g/mol. The maximum absolute atomic E-state index is 10.7. The molecule has 25 heavy (non-hydrogen) atoms. The van der Waals surface area contributed by atoms with Gasteiger partial charge in [0.15, 0.2) is 5.60 Å². The van der Waals surface area contributed by atoms with Gasteiger partial charge in [-0.1, -0.05) is 37.3 Å². The van der Waals surface area contributed by atoms with E-state index in [4.69, 9.17) is 25.5 Å². The summed E-state index contributed by atoms with van der Waals surface area (Å²) < 4.78 is 0. The number of rotatable bonds is 8. The van der Waals surface area contributed by atoms with E-state index >= 15 is 0 Å². The van der Waals surface area contributed by atoms with Crippen LogP contribution in [0.2, 0.25) is 0 Å². The molecule has 1 atom stereocenters. The topological polar surface area (TPSA) is 169 Å². The summed E-state index contributed by atoms with van der Waals surface area (Å²) in [4.78, 5) is 41.2. The molecule has 1 rings (SSSR count). The van der Waals surface area contributed by atoms with Crippen LogP contribution in [0.4, 0.5) is 0 Å². The second-order valence-corrected chi connectivity index (χ2v) is 5.19. The first-order valence-corrected chi connectivity index (χ1v) is 7.20. The highest BCUT2D eigenvalue weighted by molar-refractivity contribution is 5.88. The van der Waals surface area contributed by atoms with Gasteiger partial charge in [-0.25, -0.2) is 4.79 Å². The minimum absolute atomic E-state index is 0.355. The predicted molar refractivity (Wildman–Crippen MR) is 84.2 cm³/mol. The molecule has 1 unspecified atom stereocenters. The van der Waals surface area contributed by atoms with E-state index in [1.165, 1.54) is 0 Å². The second-order valence-electron chi connectivity index (χ2n) is 5.19. The van der Waals surface area contributed by atoms with Crippen molar-refractivity contribution >= 4 is 23.9 Å². The third kappa shape index (κ3) is 7.93. The molecule has 0 bridgehead atoms. The first kappa shape index (κ1) is 22.1. The molecule has 9 nitrogen and oxygen atoms in total. The van der Waals surface area contributed by atoms with Crippen molar-refractivity contribution in [3.8, 4) is 0 Å². The Bertz CT molecular complexity index is 593. The van der Waals surface area contributed by atoms with Gasteiger partial charge in [0, 0.05) is 0 Å². The Morgan fingerprint density at radius 3 is 1.64 bits per heavy atom. The normalized spacial score (nSPS) is 11.6. The fraction of sp³-hybridized carbons (Fsp3) is 0.375. The Labute approximate surface area is 143 Å². The Morgan fingerprint density at radius 1 is 0.920 bits per heavy atom. The minimum atomic E-state index is -2.74. The number of carboxylic acid groups (broad SMARTS) is 4. The fourth-order valence-corrected chi connectivity index (χ4v) is 1.95.